The lowest BCUT2D eigenvalue weighted by atomic mass is 9.92. The van der Waals surface area contributed by atoms with Crippen molar-refractivity contribution in [3.8, 4) is 0 Å². The first-order valence-corrected chi connectivity index (χ1v) is 12.1. The monoisotopic (exact) mass is 397 g/mol. The van der Waals surface area contributed by atoms with E-state index in [0.717, 1.165) is 32.0 Å². The topological polar surface area (TPSA) is 35.6 Å². The zero-order valence-electron chi connectivity index (χ0n) is 18.0. The van der Waals surface area contributed by atoms with Gasteiger partial charge >= 0.3 is 0 Å². The molecule has 0 bridgehead atoms. The van der Waals surface area contributed by atoms with E-state index in [1.807, 2.05) is 0 Å². The van der Waals surface area contributed by atoms with Crippen LogP contribution in [0.3, 0.4) is 0 Å². The summed E-state index contributed by atoms with van der Waals surface area (Å²) >= 11 is 0. The minimum absolute atomic E-state index is 0.255. The van der Waals surface area contributed by atoms with Crippen molar-refractivity contribution in [1.82, 2.24) is 15.1 Å². The number of carbonyl (C=O) groups excluding carboxylic acids is 1. The number of nitrogens with zero attached hydrogens (tertiary/aromatic N) is 2. The largest absolute Gasteiger partial charge is 0.353 e. The smallest absolute Gasteiger partial charge is 0.223 e. The molecule has 2 heterocycles. The van der Waals surface area contributed by atoms with E-state index in [9.17, 15) is 4.79 Å². The molecular weight excluding hydrogens is 358 g/mol. The first-order chi connectivity index (χ1) is 14.3. The molecule has 1 N–H and O–H groups in total. The molecule has 29 heavy (non-hydrogen) atoms. The van der Waals surface area contributed by atoms with E-state index in [1.165, 1.54) is 76.6 Å². The zero-order chi connectivity index (χ0) is 19.9. The van der Waals surface area contributed by atoms with Gasteiger partial charge in [0.15, 0.2) is 0 Å². The summed E-state index contributed by atoms with van der Waals surface area (Å²) in [5, 5.41) is 3.32. The van der Waals surface area contributed by atoms with Crippen LogP contribution >= 0.6 is 0 Å². The maximum absolute atomic E-state index is 12.5. The van der Waals surface area contributed by atoms with Crippen LogP contribution < -0.4 is 5.32 Å². The summed E-state index contributed by atoms with van der Waals surface area (Å²) in [6.07, 6.45) is 12.1. The number of hydrogen-bond donors (Lipinski definition) is 1. The molecule has 2 aliphatic heterocycles. The van der Waals surface area contributed by atoms with Crippen LogP contribution in [0.2, 0.25) is 0 Å². The van der Waals surface area contributed by atoms with E-state index in [4.69, 9.17) is 0 Å². The SMILES string of the molecule is O=C(NC1CCCC1)C1CCN(C2CCN(CCCc3ccccc3)CC2)CC1. The number of piperidine rings is 2. The fraction of sp³-hybridized carbons (Fsp3) is 0.720. The molecule has 4 heteroatoms. The van der Waals surface area contributed by atoms with Gasteiger partial charge in [0.1, 0.15) is 0 Å². The summed E-state index contributed by atoms with van der Waals surface area (Å²) in [4.78, 5) is 17.9. The van der Waals surface area contributed by atoms with E-state index in [0.29, 0.717) is 11.9 Å². The highest BCUT2D eigenvalue weighted by atomic mass is 16.1. The van der Waals surface area contributed by atoms with E-state index >= 15 is 0 Å². The number of benzene rings is 1. The predicted molar refractivity (Wildman–Crippen MR) is 119 cm³/mol. The van der Waals surface area contributed by atoms with E-state index in [1.54, 1.807) is 0 Å². The standard InChI is InChI=1S/C25H39N3O/c29-25(26-23-10-4-5-11-23)22-12-19-28(20-13-22)24-14-17-27(18-15-24)16-6-9-21-7-2-1-3-8-21/h1-3,7-8,22-24H,4-6,9-20H2,(H,26,29). The summed E-state index contributed by atoms with van der Waals surface area (Å²) in [6.45, 7) is 5.93. The summed E-state index contributed by atoms with van der Waals surface area (Å²) in [7, 11) is 0. The van der Waals surface area contributed by atoms with Crippen LogP contribution in [0.1, 0.15) is 63.4 Å². The van der Waals surface area contributed by atoms with Crippen LogP contribution in [0.4, 0.5) is 0 Å². The van der Waals surface area contributed by atoms with Crippen LogP contribution in [0, 0.1) is 5.92 Å². The van der Waals surface area contributed by atoms with Gasteiger partial charge < -0.3 is 15.1 Å². The molecule has 0 unspecified atom stereocenters. The van der Waals surface area contributed by atoms with Crippen molar-refractivity contribution < 1.29 is 4.79 Å². The maximum Gasteiger partial charge on any atom is 0.223 e. The first kappa shape index (κ1) is 20.9. The number of nitrogens with one attached hydrogen (secondary N) is 1. The maximum atomic E-state index is 12.5. The Morgan fingerprint density at radius 2 is 1.59 bits per heavy atom. The Morgan fingerprint density at radius 3 is 2.28 bits per heavy atom. The number of carbonyl (C=O) groups is 1. The number of rotatable bonds is 7. The number of likely N-dealkylation sites (tertiary alicyclic amines) is 2. The molecule has 3 aliphatic rings. The summed E-state index contributed by atoms with van der Waals surface area (Å²) in [5.41, 5.74) is 1.46. The van der Waals surface area contributed by atoms with Gasteiger partial charge in [0.25, 0.3) is 0 Å². The predicted octanol–water partition coefficient (Wildman–Crippen LogP) is 3.85. The van der Waals surface area contributed by atoms with Gasteiger partial charge in [-0.05, 0) is 89.7 Å². The molecule has 0 radical (unpaired) electrons. The van der Waals surface area contributed by atoms with Crippen LogP contribution in [-0.2, 0) is 11.2 Å². The average Bonchev–Trinajstić information content (AvgIpc) is 3.28. The molecule has 0 atom stereocenters. The van der Waals surface area contributed by atoms with Gasteiger partial charge in [-0.15, -0.1) is 0 Å². The third kappa shape index (κ3) is 6.05. The Hall–Kier alpha value is -1.39. The van der Waals surface area contributed by atoms with Gasteiger partial charge in [-0.25, -0.2) is 0 Å². The minimum atomic E-state index is 0.255. The van der Waals surface area contributed by atoms with Crippen molar-refractivity contribution >= 4 is 5.91 Å². The van der Waals surface area contributed by atoms with Gasteiger partial charge in [-0.1, -0.05) is 43.2 Å². The molecule has 4 nitrogen and oxygen atoms in total. The molecule has 0 spiro atoms. The normalized spacial score (nSPS) is 23.4. The molecule has 4 rings (SSSR count). The van der Waals surface area contributed by atoms with Crippen LogP contribution in [-0.4, -0.2) is 60.5 Å². The van der Waals surface area contributed by atoms with Gasteiger partial charge in [0, 0.05) is 18.0 Å². The lowest BCUT2D eigenvalue weighted by Crippen LogP contribution is -2.49. The zero-order valence-corrected chi connectivity index (χ0v) is 18.0. The van der Waals surface area contributed by atoms with E-state index in [2.05, 4.69) is 45.4 Å². The molecule has 1 aromatic rings. The summed E-state index contributed by atoms with van der Waals surface area (Å²) in [5.74, 6) is 0.592. The molecule has 1 aliphatic carbocycles. The van der Waals surface area contributed by atoms with Gasteiger partial charge in [0.2, 0.25) is 5.91 Å². The molecule has 1 amide bonds. The second-order valence-corrected chi connectivity index (χ2v) is 9.46. The van der Waals surface area contributed by atoms with Crippen molar-refractivity contribution in [3.63, 3.8) is 0 Å². The third-order valence-corrected chi connectivity index (χ3v) is 7.46. The fourth-order valence-electron chi connectivity index (χ4n) is 5.58. The number of aryl methyl sites for hydroxylation is 1. The Bertz CT molecular complexity index is 612. The number of amides is 1. The Kier molecular flexibility index (Phi) is 7.61. The Labute approximate surface area is 177 Å². The quantitative estimate of drug-likeness (QED) is 0.759. The molecule has 2 saturated heterocycles. The Morgan fingerprint density at radius 1 is 0.897 bits per heavy atom. The van der Waals surface area contributed by atoms with Gasteiger partial charge in [0.05, 0.1) is 0 Å². The van der Waals surface area contributed by atoms with Crippen LogP contribution in [0.15, 0.2) is 30.3 Å². The molecule has 3 fully saturated rings. The molecule has 1 saturated carbocycles. The van der Waals surface area contributed by atoms with Crippen molar-refractivity contribution in [2.75, 3.05) is 32.7 Å². The second kappa shape index (κ2) is 10.6. The molecular formula is C25H39N3O. The van der Waals surface area contributed by atoms with Crippen molar-refractivity contribution in [3.05, 3.63) is 35.9 Å². The molecule has 0 aromatic heterocycles. The lowest BCUT2D eigenvalue weighted by molar-refractivity contribution is -0.127. The highest BCUT2D eigenvalue weighted by molar-refractivity contribution is 5.79. The van der Waals surface area contributed by atoms with Crippen LogP contribution in [0.25, 0.3) is 0 Å². The average molecular weight is 398 g/mol. The van der Waals surface area contributed by atoms with Crippen molar-refractivity contribution in [2.24, 2.45) is 5.92 Å². The second-order valence-electron chi connectivity index (χ2n) is 9.46. The molecule has 1 aromatic carbocycles. The fourth-order valence-corrected chi connectivity index (χ4v) is 5.58. The van der Waals surface area contributed by atoms with Crippen LogP contribution in [0.5, 0.6) is 0 Å². The van der Waals surface area contributed by atoms with E-state index < -0.39 is 0 Å². The highest BCUT2D eigenvalue weighted by Crippen LogP contribution is 2.25. The summed E-state index contributed by atoms with van der Waals surface area (Å²) < 4.78 is 0. The van der Waals surface area contributed by atoms with E-state index in [-0.39, 0.29) is 5.92 Å². The van der Waals surface area contributed by atoms with Gasteiger partial charge in [-0.2, -0.15) is 0 Å². The molecule has 160 valence electrons. The van der Waals surface area contributed by atoms with Crippen molar-refractivity contribution in [1.29, 1.82) is 0 Å². The Balaban J connectivity index is 1.11. The lowest BCUT2D eigenvalue weighted by Gasteiger charge is -2.41. The third-order valence-electron chi connectivity index (χ3n) is 7.46. The first-order valence-electron chi connectivity index (χ1n) is 12.1. The van der Waals surface area contributed by atoms with Gasteiger partial charge in [-0.3, -0.25) is 4.79 Å². The highest BCUT2D eigenvalue weighted by Gasteiger charge is 2.31. The summed E-state index contributed by atoms with van der Waals surface area (Å²) in [6, 6.07) is 12.1. The van der Waals surface area contributed by atoms with Crippen molar-refractivity contribution in [2.45, 2.75) is 76.3 Å². The minimum Gasteiger partial charge on any atom is -0.353 e. The number of hydrogen-bond acceptors (Lipinski definition) is 3.